The molecule has 0 radical (unpaired) electrons. The molecule has 2 nitrogen and oxygen atoms in total. The van der Waals surface area contributed by atoms with E-state index in [4.69, 9.17) is 0 Å². The topological polar surface area (TPSA) is 32.3 Å². The number of rotatable bonds is 3. The van der Waals surface area contributed by atoms with Gasteiger partial charge < -0.3 is 10.4 Å². The fourth-order valence-corrected chi connectivity index (χ4v) is 1.55. The van der Waals surface area contributed by atoms with Crippen LogP contribution < -0.4 is 5.32 Å². The average Bonchev–Trinajstić information content (AvgIpc) is 2.09. The molecule has 0 aliphatic rings. The van der Waals surface area contributed by atoms with E-state index in [0.29, 0.717) is 11.7 Å². The fourth-order valence-electron chi connectivity index (χ4n) is 1.55. The number of aromatic hydroxyl groups is 1. The maximum absolute atomic E-state index is 9.73. The van der Waals surface area contributed by atoms with Crippen LogP contribution in [0.15, 0.2) is 12.1 Å². The number of phenols is 1. The zero-order valence-corrected chi connectivity index (χ0v) is 9.39. The van der Waals surface area contributed by atoms with Crippen LogP contribution in [0.4, 0.5) is 5.69 Å². The maximum atomic E-state index is 9.73. The number of benzene rings is 1. The molecular formula is C12H19NO. The molecule has 1 aromatic rings. The van der Waals surface area contributed by atoms with E-state index in [1.165, 1.54) is 0 Å². The van der Waals surface area contributed by atoms with Crippen LogP contribution >= 0.6 is 0 Å². The van der Waals surface area contributed by atoms with Gasteiger partial charge >= 0.3 is 0 Å². The molecular weight excluding hydrogens is 174 g/mol. The number of hydrogen-bond donors (Lipinski definition) is 2. The van der Waals surface area contributed by atoms with Crippen molar-refractivity contribution in [3.8, 4) is 5.75 Å². The summed E-state index contributed by atoms with van der Waals surface area (Å²) in [5.74, 6) is 0.757. The van der Waals surface area contributed by atoms with Gasteiger partial charge in [0.15, 0.2) is 0 Å². The molecule has 0 bridgehead atoms. The van der Waals surface area contributed by atoms with E-state index in [0.717, 1.165) is 23.4 Å². The molecule has 78 valence electrons. The smallest absolute Gasteiger partial charge is 0.119 e. The summed E-state index contributed by atoms with van der Waals surface area (Å²) < 4.78 is 0. The fraction of sp³-hybridized carbons (Fsp3) is 0.500. The lowest BCUT2D eigenvalue weighted by molar-refractivity contribution is 0.464. The minimum absolute atomic E-state index is 0.355. The number of nitrogens with one attached hydrogen (secondary N) is 1. The highest BCUT2D eigenvalue weighted by Gasteiger charge is 2.08. The molecule has 0 spiro atoms. The number of phenolic OH excluding ortho intramolecular Hbond substituents is 1. The summed E-state index contributed by atoms with van der Waals surface area (Å²) in [5.41, 5.74) is 3.22. The zero-order valence-electron chi connectivity index (χ0n) is 9.39. The Hall–Kier alpha value is -1.18. The van der Waals surface area contributed by atoms with Gasteiger partial charge in [0.25, 0.3) is 0 Å². The van der Waals surface area contributed by atoms with Crippen LogP contribution in [-0.2, 0) is 0 Å². The summed E-state index contributed by atoms with van der Waals surface area (Å²) in [6, 6.07) is 3.87. The predicted octanol–water partition coefficient (Wildman–Crippen LogP) is 3.26. The molecule has 1 aromatic carbocycles. The van der Waals surface area contributed by atoms with Crippen molar-refractivity contribution in [2.45, 2.75) is 33.6 Å². The first-order valence-electron chi connectivity index (χ1n) is 5.13. The largest absolute Gasteiger partial charge is 0.508 e. The van der Waals surface area contributed by atoms with Crippen LogP contribution in [0.25, 0.3) is 0 Å². The van der Waals surface area contributed by atoms with E-state index in [1.54, 1.807) is 0 Å². The van der Waals surface area contributed by atoms with Crippen molar-refractivity contribution in [2.24, 2.45) is 0 Å². The lowest BCUT2D eigenvalue weighted by Gasteiger charge is -2.14. The third-order valence-corrected chi connectivity index (χ3v) is 2.36. The van der Waals surface area contributed by atoms with Crippen molar-refractivity contribution in [2.75, 3.05) is 11.9 Å². The summed E-state index contributed by atoms with van der Waals surface area (Å²) in [6.45, 7) is 9.15. The van der Waals surface area contributed by atoms with Crippen molar-refractivity contribution in [1.82, 2.24) is 0 Å². The van der Waals surface area contributed by atoms with Crippen LogP contribution in [0.2, 0.25) is 0 Å². The van der Waals surface area contributed by atoms with Crippen LogP contribution in [0.3, 0.4) is 0 Å². The lowest BCUT2D eigenvalue weighted by atomic mass is 9.99. The summed E-state index contributed by atoms with van der Waals surface area (Å²) in [6.07, 6.45) is 0. The van der Waals surface area contributed by atoms with Crippen molar-refractivity contribution in [1.29, 1.82) is 0 Å². The standard InChI is InChI=1S/C12H19NO/c1-5-13-11-7-10(8(2)3)12(14)6-9(11)4/h6-8,13-14H,5H2,1-4H3. The second-order valence-electron chi connectivity index (χ2n) is 3.91. The highest BCUT2D eigenvalue weighted by atomic mass is 16.3. The Balaban J connectivity index is 3.13. The van der Waals surface area contributed by atoms with Gasteiger partial charge in [0.2, 0.25) is 0 Å². The SMILES string of the molecule is CCNc1cc(C(C)C)c(O)cc1C. The summed E-state index contributed by atoms with van der Waals surface area (Å²) >= 11 is 0. The molecule has 0 saturated carbocycles. The monoisotopic (exact) mass is 193 g/mol. The molecule has 0 aliphatic carbocycles. The lowest BCUT2D eigenvalue weighted by Crippen LogP contribution is -2.00. The first-order chi connectivity index (χ1) is 6.56. The summed E-state index contributed by atoms with van der Waals surface area (Å²) in [5, 5.41) is 13.0. The van der Waals surface area contributed by atoms with E-state index in [1.807, 2.05) is 19.1 Å². The van der Waals surface area contributed by atoms with Gasteiger partial charge in [-0.15, -0.1) is 0 Å². The number of hydrogen-bond acceptors (Lipinski definition) is 2. The van der Waals surface area contributed by atoms with Gasteiger partial charge in [0.1, 0.15) is 5.75 Å². The Morgan fingerprint density at radius 3 is 2.50 bits per heavy atom. The first kappa shape index (κ1) is 10.9. The van der Waals surface area contributed by atoms with Crippen LogP contribution in [0.1, 0.15) is 37.8 Å². The van der Waals surface area contributed by atoms with Gasteiger partial charge in [0.05, 0.1) is 0 Å². The average molecular weight is 193 g/mol. The highest BCUT2D eigenvalue weighted by Crippen LogP contribution is 2.30. The molecule has 0 atom stereocenters. The number of aryl methyl sites for hydroxylation is 1. The zero-order chi connectivity index (χ0) is 10.7. The van der Waals surface area contributed by atoms with E-state index >= 15 is 0 Å². The van der Waals surface area contributed by atoms with Crippen LogP contribution in [0.5, 0.6) is 5.75 Å². The third kappa shape index (κ3) is 2.19. The number of anilines is 1. The second-order valence-corrected chi connectivity index (χ2v) is 3.91. The molecule has 0 fully saturated rings. The van der Waals surface area contributed by atoms with E-state index in [9.17, 15) is 5.11 Å². The maximum Gasteiger partial charge on any atom is 0.119 e. The third-order valence-electron chi connectivity index (χ3n) is 2.36. The highest BCUT2D eigenvalue weighted by molar-refractivity contribution is 5.57. The van der Waals surface area contributed by atoms with Crippen LogP contribution in [0, 0.1) is 6.92 Å². The van der Waals surface area contributed by atoms with E-state index < -0.39 is 0 Å². The van der Waals surface area contributed by atoms with Gasteiger partial charge in [0, 0.05) is 12.2 Å². The van der Waals surface area contributed by atoms with Gasteiger partial charge in [-0.25, -0.2) is 0 Å². The molecule has 0 unspecified atom stereocenters. The Kier molecular flexibility index (Phi) is 3.39. The van der Waals surface area contributed by atoms with Crippen molar-refractivity contribution in [3.63, 3.8) is 0 Å². The second kappa shape index (κ2) is 4.36. The Morgan fingerprint density at radius 1 is 1.36 bits per heavy atom. The van der Waals surface area contributed by atoms with Gasteiger partial charge in [-0.05, 0) is 43.0 Å². The predicted molar refractivity (Wildman–Crippen MR) is 61.1 cm³/mol. The minimum Gasteiger partial charge on any atom is -0.508 e. The Morgan fingerprint density at radius 2 is 2.00 bits per heavy atom. The summed E-state index contributed by atoms with van der Waals surface area (Å²) in [4.78, 5) is 0. The van der Waals surface area contributed by atoms with Gasteiger partial charge in [-0.3, -0.25) is 0 Å². The Bertz CT molecular complexity index is 318. The van der Waals surface area contributed by atoms with E-state index in [2.05, 4.69) is 26.1 Å². The molecule has 0 aromatic heterocycles. The van der Waals surface area contributed by atoms with Gasteiger partial charge in [-0.1, -0.05) is 13.8 Å². The molecule has 1 rings (SSSR count). The van der Waals surface area contributed by atoms with Crippen molar-refractivity contribution < 1.29 is 5.11 Å². The molecule has 14 heavy (non-hydrogen) atoms. The first-order valence-corrected chi connectivity index (χ1v) is 5.13. The molecule has 0 aliphatic heterocycles. The molecule has 2 heteroatoms. The Labute approximate surface area is 86.0 Å². The quantitative estimate of drug-likeness (QED) is 0.722. The molecule has 2 N–H and O–H groups in total. The summed E-state index contributed by atoms with van der Waals surface area (Å²) in [7, 11) is 0. The van der Waals surface area contributed by atoms with Crippen molar-refractivity contribution in [3.05, 3.63) is 23.3 Å². The normalized spacial score (nSPS) is 10.6. The minimum atomic E-state index is 0.355. The van der Waals surface area contributed by atoms with Gasteiger partial charge in [-0.2, -0.15) is 0 Å². The van der Waals surface area contributed by atoms with E-state index in [-0.39, 0.29) is 0 Å². The molecule has 0 heterocycles. The van der Waals surface area contributed by atoms with Crippen LogP contribution in [-0.4, -0.2) is 11.7 Å². The van der Waals surface area contributed by atoms with Crippen molar-refractivity contribution >= 4 is 5.69 Å². The molecule has 0 amide bonds. The molecule has 0 saturated heterocycles.